The summed E-state index contributed by atoms with van der Waals surface area (Å²) in [6.45, 7) is 0. The van der Waals surface area contributed by atoms with Crippen molar-refractivity contribution in [3.8, 4) is 0 Å². The van der Waals surface area contributed by atoms with E-state index in [2.05, 4.69) is 0 Å². The van der Waals surface area contributed by atoms with Gasteiger partial charge in [0.05, 0.1) is 0 Å². The largest absolute Gasteiger partial charge is 0.481 e. The molecule has 0 saturated heterocycles. The number of hydrogen-bond acceptors (Lipinski definition) is 18. The number of halogens is 2. The number of aliphatic carboxylic acids is 18. The first-order chi connectivity index (χ1) is 59.6. The molecular weight excluding hydrogens is 1730 g/mol. The van der Waals surface area contributed by atoms with E-state index in [4.69, 9.17) is 91.9 Å². The van der Waals surface area contributed by atoms with Gasteiger partial charge in [-0.1, -0.05) is 231 Å². The van der Waals surface area contributed by atoms with Crippen LogP contribution in [0, 0.1) is 0 Å². The van der Waals surface area contributed by atoms with E-state index in [-0.39, 0.29) is 140 Å². The van der Waals surface area contributed by atoms with Gasteiger partial charge in [0, 0.05) is 116 Å². The summed E-state index contributed by atoms with van der Waals surface area (Å²) in [6, 6.07) is 0. The second-order valence-electron chi connectivity index (χ2n) is 30.7. The lowest BCUT2D eigenvalue weighted by molar-refractivity contribution is -0.138. The Labute approximate surface area is 769 Å². The predicted octanol–water partition coefficient (Wildman–Crippen LogP) is 21.3. The fraction of sp³-hybridized carbons (Fsp3) is 0.800. The fourth-order valence-electron chi connectivity index (χ4n) is 11.3. The second kappa shape index (κ2) is 118. The maximum absolute atomic E-state index is 10.1. The van der Waals surface area contributed by atoms with E-state index < -0.39 is 107 Å². The van der Waals surface area contributed by atoms with Crippen LogP contribution < -0.4 is 0 Å². The molecule has 0 fully saturated rings. The average Bonchev–Trinajstić information content (AvgIpc) is 1.11. The van der Waals surface area contributed by atoms with E-state index in [0.717, 1.165) is 347 Å². The maximum atomic E-state index is 10.1. The van der Waals surface area contributed by atoms with Gasteiger partial charge in [-0.05, 0) is 116 Å². The maximum Gasteiger partial charge on any atom is 0.303 e. The number of carbonyl (C=O) groups is 18. The molecule has 38 heteroatoms. The Kier molecular flexibility index (Phi) is 131. The van der Waals surface area contributed by atoms with E-state index in [9.17, 15) is 86.3 Å². The van der Waals surface area contributed by atoms with Gasteiger partial charge in [0.2, 0.25) is 0 Å². The number of unbranched alkanes of at least 4 members (excludes halogenated alkanes) is 45. The van der Waals surface area contributed by atoms with Crippen LogP contribution in [0.5, 0.6) is 0 Å². The Morgan fingerprint density at radius 3 is 0.141 bits per heavy atom. The molecule has 0 bridgehead atoms. The molecule has 0 radical (unpaired) electrons. The fourth-order valence-corrected chi connectivity index (χ4v) is 11.3. The molecule has 0 aliphatic carbocycles. The molecule has 0 saturated carbocycles. The Balaban J connectivity index is -0.000000133. The summed E-state index contributed by atoms with van der Waals surface area (Å²) < 4.78 is 0. The summed E-state index contributed by atoms with van der Waals surface area (Å²) in [4.78, 5) is 183. The van der Waals surface area contributed by atoms with Gasteiger partial charge in [-0.2, -0.15) is 0 Å². The van der Waals surface area contributed by atoms with Crippen molar-refractivity contribution in [1.82, 2.24) is 0 Å². The van der Waals surface area contributed by atoms with Crippen LogP contribution in [0.25, 0.3) is 0 Å². The minimum Gasteiger partial charge on any atom is -0.481 e. The van der Waals surface area contributed by atoms with Gasteiger partial charge < -0.3 is 91.9 Å². The zero-order valence-electron chi connectivity index (χ0n) is 76.1. The minimum atomic E-state index is -0.740. The van der Waals surface area contributed by atoms with Crippen LogP contribution in [0.15, 0.2) is 0 Å². The standard InChI is InChI=1S/9C10H18O4.2ClH/c9*11-9(12)7-5-3-1-2-4-6-8-10(13)14;;/h9*1-8H2,(H,11,12)(H,13,14);2*1H. The van der Waals surface area contributed by atoms with Gasteiger partial charge in [-0.25, -0.2) is 0 Å². The molecule has 754 valence electrons. The topological polar surface area (TPSA) is 671 Å². The van der Waals surface area contributed by atoms with Gasteiger partial charge >= 0.3 is 107 Å². The van der Waals surface area contributed by atoms with Gasteiger partial charge in [-0.3, -0.25) is 86.3 Å². The third-order valence-electron chi connectivity index (χ3n) is 18.3. The Morgan fingerprint density at radius 2 is 0.109 bits per heavy atom. The third-order valence-corrected chi connectivity index (χ3v) is 18.3. The number of carboxylic acid groups (broad SMARTS) is 18. The summed E-state index contributed by atoms with van der Waals surface area (Å²) in [6.07, 6.45) is 52.4. The van der Waals surface area contributed by atoms with E-state index in [0.29, 0.717) is 0 Å². The normalized spacial score (nSPS) is 9.84. The molecule has 0 rings (SSSR count). The van der Waals surface area contributed by atoms with Crippen molar-refractivity contribution in [3.05, 3.63) is 0 Å². The highest BCUT2D eigenvalue weighted by atomic mass is 35.5. The van der Waals surface area contributed by atoms with Crippen molar-refractivity contribution in [3.63, 3.8) is 0 Å². The zero-order chi connectivity index (χ0) is 97.3. The van der Waals surface area contributed by atoms with E-state index >= 15 is 0 Å². The highest BCUT2D eigenvalue weighted by Gasteiger charge is 2.08. The lowest BCUT2D eigenvalue weighted by Crippen LogP contribution is -1.94. The van der Waals surface area contributed by atoms with Crippen LogP contribution in [0.4, 0.5) is 0 Å². The van der Waals surface area contributed by atoms with Crippen LogP contribution in [-0.4, -0.2) is 199 Å². The molecular formula is C90H164Cl2O36. The van der Waals surface area contributed by atoms with Crippen molar-refractivity contribution >= 4 is 132 Å². The van der Waals surface area contributed by atoms with Crippen LogP contribution in [0.3, 0.4) is 0 Å². The Bertz CT molecular complexity index is 2000. The average molecular weight is 1890 g/mol. The van der Waals surface area contributed by atoms with Gasteiger partial charge in [0.1, 0.15) is 0 Å². The lowest BCUT2D eigenvalue weighted by atomic mass is 10.1. The van der Waals surface area contributed by atoms with Crippen LogP contribution in [0.2, 0.25) is 0 Å². The van der Waals surface area contributed by atoms with Crippen molar-refractivity contribution < 1.29 is 178 Å². The summed E-state index contributed by atoms with van der Waals surface area (Å²) in [5.74, 6) is -13.3. The number of hydrogen-bond donors (Lipinski definition) is 18. The number of rotatable bonds is 81. The van der Waals surface area contributed by atoms with Gasteiger partial charge in [0.15, 0.2) is 0 Å². The highest BCUT2D eigenvalue weighted by Crippen LogP contribution is 2.16. The molecule has 0 aromatic rings. The summed E-state index contributed by atoms with van der Waals surface area (Å²) in [5, 5.41) is 150. The van der Waals surface area contributed by atoms with Crippen LogP contribution in [0.1, 0.15) is 462 Å². The summed E-state index contributed by atoms with van der Waals surface area (Å²) >= 11 is 0. The quantitative estimate of drug-likeness (QED) is 0.0251. The van der Waals surface area contributed by atoms with E-state index in [1.54, 1.807) is 0 Å². The molecule has 0 aromatic carbocycles. The van der Waals surface area contributed by atoms with E-state index in [1.165, 1.54) is 0 Å². The monoisotopic (exact) mass is 1890 g/mol. The predicted molar refractivity (Wildman–Crippen MR) is 484 cm³/mol. The molecule has 0 unspecified atom stereocenters. The molecule has 0 amide bonds. The van der Waals surface area contributed by atoms with Gasteiger partial charge in [0.25, 0.3) is 0 Å². The van der Waals surface area contributed by atoms with Crippen molar-refractivity contribution in [1.29, 1.82) is 0 Å². The van der Waals surface area contributed by atoms with E-state index in [1.807, 2.05) is 0 Å². The first-order valence-electron chi connectivity index (χ1n) is 45.6. The molecule has 0 spiro atoms. The molecule has 0 heterocycles. The molecule has 0 aromatic heterocycles. The number of carboxylic acids is 18. The zero-order valence-corrected chi connectivity index (χ0v) is 77.8. The Hall–Kier alpha value is -8.96. The Morgan fingerprint density at radius 1 is 0.0781 bits per heavy atom. The van der Waals surface area contributed by atoms with Crippen molar-refractivity contribution in [2.75, 3.05) is 0 Å². The lowest BCUT2D eigenvalue weighted by Gasteiger charge is -1.98. The smallest absolute Gasteiger partial charge is 0.303 e. The summed E-state index contributed by atoms with van der Waals surface area (Å²) in [7, 11) is 0. The molecule has 0 atom stereocenters. The minimum absolute atomic E-state index is 0. The summed E-state index contributed by atoms with van der Waals surface area (Å²) in [5.41, 5.74) is 0. The first kappa shape index (κ1) is 142. The first-order valence-corrected chi connectivity index (χ1v) is 45.6. The SMILES string of the molecule is Cl.Cl.O=C(O)CCCCCCCCC(=O)O.O=C(O)CCCCCCCCC(=O)O.O=C(O)CCCCCCCCC(=O)O.O=C(O)CCCCCCCCC(=O)O.O=C(O)CCCCCCCCC(=O)O.O=C(O)CCCCCCCCC(=O)O.O=C(O)CCCCCCCCC(=O)O.O=C(O)CCCCCCCCC(=O)O.O=C(O)CCCCCCCCC(=O)O. The molecule has 18 N–H and O–H groups in total. The van der Waals surface area contributed by atoms with Crippen LogP contribution in [-0.2, 0) is 86.3 Å². The molecule has 36 nitrogen and oxygen atoms in total. The van der Waals surface area contributed by atoms with Crippen molar-refractivity contribution in [2.45, 2.75) is 462 Å². The highest BCUT2D eigenvalue weighted by molar-refractivity contribution is 5.85. The second-order valence-corrected chi connectivity index (χ2v) is 30.7. The van der Waals surface area contributed by atoms with Crippen LogP contribution >= 0.6 is 24.8 Å². The molecule has 0 aliphatic rings. The van der Waals surface area contributed by atoms with Crippen molar-refractivity contribution in [2.24, 2.45) is 0 Å². The molecule has 128 heavy (non-hydrogen) atoms. The van der Waals surface area contributed by atoms with Gasteiger partial charge in [-0.15, -0.1) is 24.8 Å². The molecule has 0 aliphatic heterocycles. The third kappa shape index (κ3) is 194.